The van der Waals surface area contributed by atoms with Crippen molar-refractivity contribution >= 4 is 38.3 Å². The third-order valence-corrected chi connectivity index (χ3v) is 5.46. The van der Waals surface area contributed by atoms with Crippen LogP contribution in [0, 0.1) is 0 Å². The van der Waals surface area contributed by atoms with Crippen molar-refractivity contribution in [2.24, 2.45) is 0 Å². The zero-order valence-electron chi connectivity index (χ0n) is 15.1. The number of benzene rings is 2. The van der Waals surface area contributed by atoms with Crippen LogP contribution in [0.2, 0.25) is 0 Å². The minimum atomic E-state index is -0.505. The summed E-state index contributed by atoms with van der Waals surface area (Å²) in [5.41, 5.74) is 3.67. The molecule has 0 radical (unpaired) electrons. The lowest BCUT2D eigenvalue weighted by molar-refractivity contribution is -0.137. The molecular weight excluding hydrogens is 404 g/mol. The largest absolute Gasteiger partial charge is 0.481 e. The maximum Gasteiger partial charge on any atom is 0.263 e. The number of ether oxygens (including phenoxy) is 1. The Hall–Kier alpha value is -2.53. The second-order valence-corrected chi connectivity index (χ2v) is 7.64. The van der Waals surface area contributed by atoms with Gasteiger partial charge in [-0.05, 0) is 49.2 Å². The molecule has 1 N–H and O–H groups in total. The average molecular weight is 425 g/mol. The van der Waals surface area contributed by atoms with E-state index in [0.717, 1.165) is 16.4 Å². The van der Waals surface area contributed by atoms with Gasteiger partial charge in [0.15, 0.2) is 6.10 Å². The summed E-state index contributed by atoms with van der Waals surface area (Å²) in [5.74, 6) is 0.721. The van der Waals surface area contributed by atoms with Crippen LogP contribution in [0.3, 0.4) is 0 Å². The van der Waals surface area contributed by atoms with Crippen molar-refractivity contribution in [3.8, 4) is 5.75 Å². The van der Waals surface area contributed by atoms with Crippen LogP contribution in [-0.2, 0) is 4.79 Å². The molecule has 1 aliphatic rings. The molecule has 3 aromatic rings. The quantitative estimate of drug-likeness (QED) is 0.639. The lowest BCUT2D eigenvalue weighted by Crippen LogP contribution is -2.42. The number of hydrogen-bond acceptors (Lipinski definition) is 2. The molecule has 0 spiro atoms. The molecule has 1 aliphatic heterocycles. The number of carbonyl (C=O) groups is 1. The summed E-state index contributed by atoms with van der Waals surface area (Å²) in [6.07, 6.45) is 4.56. The Bertz CT molecular complexity index is 991. The van der Waals surface area contributed by atoms with Crippen molar-refractivity contribution in [3.05, 3.63) is 70.8 Å². The molecule has 1 unspecified atom stereocenters. The summed E-state index contributed by atoms with van der Waals surface area (Å²) in [4.78, 5) is 17.9. The number of halogens is 1. The lowest BCUT2D eigenvalue weighted by Gasteiger charge is -2.29. The Balaban J connectivity index is 1.43. The molecule has 0 saturated heterocycles. The topological polar surface area (TPSA) is 45.3 Å². The SMILES string of the molecule is CC(Oc1ccc(Br)cc1)C(=O)N1CC=C(c2c[nH]c3ccccc23)CC1. The molecule has 4 nitrogen and oxygen atoms in total. The van der Waals surface area contributed by atoms with Gasteiger partial charge < -0.3 is 14.6 Å². The summed E-state index contributed by atoms with van der Waals surface area (Å²) in [6.45, 7) is 3.13. The number of nitrogens with zero attached hydrogens (tertiary/aromatic N) is 1. The maximum absolute atomic E-state index is 12.7. The Kier molecular flexibility index (Phi) is 5.03. The molecule has 138 valence electrons. The highest BCUT2D eigenvalue weighted by Crippen LogP contribution is 2.29. The molecule has 1 aromatic heterocycles. The Morgan fingerprint density at radius 1 is 1.19 bits per heavy atom. The minimum absolute atomic E-state index is 0.0205. The highest BCUT2D eigenvalue weighted by atomic mass is 79.9. The lowest BCUT2D eigenvalue weighted by atomic mass is 9.99. The van der Waals surface area contributed by atoms with E-state index in [9.17, 15) is 4.79 Å². The fraction of sp³-hybridized carbons (Fsp3) is 0.227. The molecule has 0 bridgehead atoms. The van der Waals surface area contributed by atoms with Gasteiger partial charge in [0.2, 0.25) is 0 Å². The molecule has 0 fully saturated rings. The molecular formula is C22H21BrN2O2. The number of para-hydroxylation sites is 1. The Labute approximate surface area is 167 Å². The van der Waals surface area contributed by atoms with E-state index in [2.05, 4.69) is 51.4 Å². The van der Waals surface area contributed by atoms with E-state index < -0.39 is 6.10 Å². The Morgan fingerprint density at radius 3 is 2.70 bits per heavy atom. The van der Waals surface area contributed by atoms with E-state index >= 15 is 0 Å². The van der Waals surface area contributed by atoms with Gasteiger partial charge in [0.05, 0.1) is 0 Å². The van der Waals surface area contributed by atoms with E-state index in [0.29, 0.717) is 18.8 Å². The summed E-state index contributed by atoms with van der Waals surface area (Å²) in [6, 6.07) is 15.8. The first kappa shape index (κ1) is 17.9. The predicted molar refractivity (Wildman–Crippen MR) is 112 cm³/mol. The van der Waals surface area contributed by atoms with Gasteiger partial charge in [-0.2, -0.15) is 0 Å². The van der Waals surface area contributed by atoms with Crippen molar-refractivity contribution in [1.29, 1.82) is 0 Å². The second kappa shape index (κ2) is 7.61. The van der Waals surface area contributed by atoms with Crippen LogP contribution in [0.15, 0.2) is 65.3 Å². The number of rotatable bonds is 4. The zero-order chi connectivity index (χ0) is 18.8. The van der Waals surface area contributed by atoms with Crippen LogP contribution >= 0.6 is 15.9 Å². The van der Waals surface area contributed by atoms with Gasteiger partial charge >= 0.3 is 0 Å². The fourth-order valence-electron chi connectivity index (χ4n) is 3.48. The molecule has 0 saturated carbocycles. The summed E-state index contributed by atoms with van der Waals surface area (Å²) >= 11 is 3.40. The smallest absolute Gasteiger partial charge is 0.263 e. The predicted octanol–water partition coefficient (Wildman–Crippen LogP) is 5.01. The van der Waals surface area contributed by atoms with Gasteiger partial charge in [-0.1, -0.05) is 40.2 Å². The van der Waals surface area contributed by atoms with Gasteiger partial charge in [0, 0.05) is 40.2 Å². The third-order valence-electron chi connectivity index (χ3n) is 4.93. The van der Waals surface area contributed by atoms with E-state index in [1.165, 1.54) is 16.5 Å². The van der Waals surface area contributed by atoms with Crippen molar-refractivity contribution in [1.82, 2.24) is 9.88 Å². The normalized spacial score (nSPS) is 15.5. The maximum atomic E-state index is 12.7. The number of nitrogens with one attached hydrogen (secondary N) is 1. The third kappa shape index (κ3) is 3.78. The number of aromatic amines is 1. The van der Waals surface area contributed by atoms with Gasteiger partial charge in [0.25, 0.3) is 5.91 Å². The fourth-order valence-corrected chi connectivity index (χ4v) is 3.74. The van der Waals surface area contributed by atoms with E-state index in [-0.39, 0.29) is 5.91 Å². The standard InChI is InChI=1S/C22H21BrN2O2/c1-15(27-18-8-6-17(23)7-9-18)22(26)25-12-10-16(11-13-25)20-14-24-21-5-3-2-4-19(20)21/h2-10,14-15,24H,11-13H2,1H3. The van der Waals surface area contributed by atoms with Crippen molar-refractivity contribution in [2.45, 2.75) is 19.4 Å². The summed E-state index contributed by atoms with van der Waals surface area (Å²) in [7, 11) is 0. The zero-order valence-corrected chi connectivity index (χ0v) is 16.7. The monoisotopic (exact) mass is 424 g/mol. The average Bonchev–Trinajstić information content (AvgIpc) is 3.13. The molecule has 4 rings (SSSR count). The van der Waals surface area contributed by atoms with Crippen molar-refractivity contribution < 1.29 is 9.53 Å². The Morgan fingerprint density at radius 2 is 1.96 bits per heavy atom. The molecule has 2 aromatic carbocycles. The van der Waals surface area contributed by atoms with Gasteiger partial charge in [0.1, 0.15) is 5.75 Å². The van der Waals surface area contributed by atoms with Crippen LogP contribution in [-0.4, -0.2) is 35.0 Å². The van der Waals surface area contributed by atoms with Crippen LogP contribution < -0.4 is 4.74 Å². The molecule has 2 heterocycles. The molecule has 27 heavy (non-hydrogen) atoms. The van der Waals surface area contributed by atoms with Crippen LogP contribution in [0.4, 0.5) is 0 Å². The number of carbonyl (C=O) groups excluding carboxylic acids is 1. The summed E-state index contributed by atoms with van der Waals surface area (Å²) in [5, 5.41) is 1.23. The number of fused-ring (bicyclic) bond motifs is 1. The van der Waals surface area contributed by atoms with Crippen molar-refractivity contribution in [3.63, 3.8) is 0 Å². The first-order chi connectivity index (χ1) is 13.1. The molecule has 1 amide bonds. The van der Waals surface area contributed by atoms with Crippen LogP contribution in [0.5, 0.6) is 5.75 Å². The molecule has 1 atom stereocenters. The highest BCUT2D eigenvalue weighted by Gasteiger charge is 2.24. The summed E-state index contributed by atoms with van der Waals surface area (Å²) < 4.78 is 6.79. The number of aromatic nitrogens is 1. The van der Waals surface area contributed by atoms with E-state index in [1.807, 2.05) is 42.2 Å². The second-order valence-electron chi connectivity index (χ2n) is 6.73. The van der Waals surface area contributed by atoms with Crippen LogP contribution in [0.25, 0.3) is 16.5 Å². The van der Waals surface area contributed by atoms with E-state index in [1.54, 1.807) is 0 Å². The number of H-pyrrole nitrogens is 1. The first-order valence-electron chi connectivity index (χ1n) is 9.08. The van der Waals surface area contributed by atoms with Gasteiger partial charge in [-0.15, -0.1) is 0 Å². The van der Waals surface area contributed by atoms with Crippen molar-refractivity contribution in [2.75, 3.05) is 13.1 Å². The molecule has 5 heteroatoms. The first-order valence-corrected chi connectivity index (χ1v) is 9.87. The van der Waals surface area contributed by atoms with Gasteiger partial charge in [-0.3, -0.25) is 4.79 Å². The van der Waals surface area contributed by atoms with E-state index in [4.69, 9.17) is 4.74 Å². The molecule has 0 aliphatic carbocycles. The number of amides is 1. The highest BCUT2D eigenvalue weighted by molar-refractivity contribution is 9.10. The number of hydrogen-bond donors (Lipinski definition) is 1. The minimum Gasteiger partial charge on any atom is -0.481 e. The van der Waals surface area contributed by atoms with Crippen LogP contribution in [0.1, 0.15) is 18.9 Å². The van der Waals surface area contributed by atoms with Gasteiger partial charge in [-0.25, -0.2) is 0 Å².